The second-order valence-electron chi connectivity index (χ2n) is 7.68. The molecule has 0 saturated heterocycles. The zero-order valence-corrected chi connectivity index (χ0v) is 16.6. The van der Waals surface area contributed by atoms with Gasteiger partial charge in [-0.15, -0.1) is 6.42 Å². The van der Waals surface area contributed by atoms with Crippen molar-refractivity contribution in [3.8, 4) is 12.3 Å². The van der Waals surface area contributed by atoms with E-state index in [2.05, 4.69) is 61.5 Å². The summed E-state index contributed by atoms with van der Waals surface area (Å²) in [5.41, 5.74) is 7.38. The van der Waals surface area contributed by atoms with Gasteiger partial charge in [-0.05, 0) is 61.8 Å². The number of hydrogen-bond acceptors (Lipinski definition) is 3. The Kier molecular flexibility index (Phi) is 6.40. The third-order valence-corrected chi connectivity index (χ3v) is 6.09. The highest BCUT2D eigenvalue weighted by Gasteiger charge is 2.27. The topological polar surface area (TPSA) is 33.6 Å². The van der Waals surface area contributed by atoms with Crippen molar-refractivity contribution in [2.45, 2.75) is 33.6 Å². The van der Waals surface area contributed by atoms with Crippen molar-refractivity contribution in [2.75, 3.05) is 13.2 Å². The minimum Gasteiger partial charge on any atom is -0.493 e. The minimum atomic E-state index is 0.271. The number of nitrogens with one attached hydrogen (secondary N) is 1. The first-order valence-corrected chi connectivity index (χ1v) is 9.88. The molecule has 4 atom stereocenters. The van der Waals surface area contributed by atoms with Gasteiger partial charge in [0.15, 0.2) is 0 Å². The molecule has 1 aliphatic heterocycles. The van der Waals surface area contributed by atoms with Crippen LogP contribution in [-0.4, -0.2) is 19.4 Å². The van der Waals surface area contributed by atoms with Gasteiger partial charge < -0.3 is 10.2 Å². The Hall–Kier alpha value is -2.47. The first-order chi connectivity index (χ1) is 13.1. The van der Waals surface area contributed by atoms with Crippen LogP contribution in [0.1, 0.15) is 33.6 Å². The summed E-state index contributed by atoms with van der Waals surface area (Å²) in [5, 5.41) is 4.53. The monoisotopic (exact) mass is 362 g/mol. The van der Waals surface area contributed by atoms with Crippen LogP contribution in [0.2, 0.25) is 0 Å². The lowest BCUT2D eigenvalue weighted by molar-refractivity contribution is 0.155. The fourth-order valence-electron chi connectivity index (χ4n) is 4.13. The zero-order valence-electron chi connectivity index (χ0n) is 16.6. The number of hydrogen-bond donors (Lipinski definition) is 1. The van der Waals surface area contributed by atoms with Crippen molar-refractivity contribution in [1.29, 1.82) is 0 Å². The summed E-state index contributed by atoms with van der Waals surface area (Å²) in [6.45, 7) is 7.98. The van der Waals surface area contributed by atoms with Gasteiger partial charge in [-0.2, -0.15) is 5.10 Å². The second kappa shape index (κ2) is 8.95. The Morgan fingerprint density at radius 1 is 1.37 bits per heavy atom. The number of rotatable bonds is 5. The van der Waals surface area contributed by atoms with Crippen LogP contribution in [0.4, 0.5) is 0 Å². The molecule has 4 unspecified atom stereocenters. The average Bonchev–Trinajstić information content (AvgIpc) is 2.69. The van der Waals surface area contributed by atoms with Crippen LogP contribution in [0, 0.1) is 36.0 Å². The number of ether oxygens (including phenoxy) is 1. The largest absolute Gasteiger partial charge is 0.493 e. The molecule has 2 aliphatic carbocycles. The molecule has 142 valence electrons. The molecule has 0 radical (unpaired) electrons. The SMILES string of the molecule is C#C/C=C\C1=C(C)C(C)C(/C=N/NCC2=C(C)C=CC3C=CCCC23)CO1. The van der Waals surface area contributed by atoms with Gasteiger partial charge in [-0.3, -0.25) is 0 Å². The van der Waals surface area contributed by atoms with Crippen LogP contribution in [0.15, 0.2) is 64.0 Å². The van der Waals surface area contributed by atoms with Crippen LogP contribution in [0.25, 0.3) is 0 Å². The molecular weight excluding hydrogens is 332 g/mol. The number of hydrazone groups is 1. The van der Waals surface area contributed by atoms with Gasteiger partial charge >= 0.3 is 0 Å². The Bertz CT molecular complexity index is 773. The summed E-state index contributed by atoms with van der Waals surface area (Å²) in [4.78, 5) is 0. The van der Waals surface area contributed by atoms with Crippen LogP contribution >= 0.6 is 0 Å². The van der Waals surface area contributed by atoms with Gasteiger partial charge in [0.1, 0.15) is 5.76 Å². The quantitative estimate of drug-likeness (QED) is 0.331. The van der Waals surface area contributed by atoms with Crippen LogP contribution < -0.4 is 5.43 Å². The molecule has 1 N–H and O–H groups in total. The van der Waals surface area contributed by atoms with Crippen molar-refractivity contribution >= 4 is 6.21 Å². The highest BCUT2D eigenvalue weighted by molar-refractivity contribution is 5.62. The summed E-state index contributed by atoms with van der Waals surface area (Å²) >= 11 is 0. The molecule has 0 aromatic carbocycles. The van der Waals surface area contributed by atoms with Gasteiger partial charge in [0.05, 0.1) is 13.2 Å². The fourth-order valence-corrected chi connectivity index (χ4v) is 4.13. The number of nitrogens with zero attached hydrogens (tertiary/aromatic N) is 1. The number of fused-ring (bicyclic) bond motifs is 1. The molecule has 0 bridgehead atoms. The maximum Gasteiger partial charge on any atom is 0.119 e. The minimum absolute atomic E-state index is 0.271. The van der Waals surface area contributed by atoms with E-state index < -0.39 is 0 Å². The molecule has 3 nitrogen and oxygen atoms in total. The van der Waals surface area contributed by atoms with E-state index in [4.69, 9.17) is 11.2 Å². The summed E-state index contributed by atoms with van der Waals surface area (Å²) in [6, 6.07) is 0. The molecule has 27 heavy (non-hydrogen) atoms. The Balaban J connectivity index is 1.58. The van der Waals surface area contributed by atoms with Crippen molar-refractivity contribution in [3.05, 3.63) is 58.9 Å². The highest BCUT2D eigenvalue weighted by atomic mass is 16.5. The van der Waals surface area contributed by atoms with Crippen molar-refractivity contribution in [3.63, 3.8) is 0 Å². The Morgan fingerprint density at radius 2 is 2.22 bits per heavy atom. The first kappa shape index (κ1) is 19.3. The lowest BCUT2D eigenvalue weighted by Gasteiger charge is -2.32. The third-order valence-electron chi connectivity index (χ3n) is 6.09. The summed E-state index contributed by atoms with van der Waals surface area (Å²) in [7, 11) is 0. The third kappa shape index (κ3) is 4.45. The normalized spacial score (nSPS) is 30.6. The molecular formula is C24H30N2O. The number of terminal acetylenes is 1. The summed E-state index contributed by atoms with van der Waals surface area (Å²) < 4.78 is 5.86. The zero-order chi connectivity index (χ0) is 19.2. The lowest BCUT2D eigenvalue weighted by atomic mass is 9.74. The van der Waals surface area contributed by atoms with E-state index in [0.717, 1.165) is 12.3 Å². The van der Waals surface area contributed by atoms with E-state index in [1.807, 2.05) is 12.3 Å². The molecule has 0 aromatic rings. The molecule has 3 aliphatic rings. The van der Waals surface area contributed by atoms with Gasteiger partial charge in [-0.25, -0.2) is 0 Å². The van der Waals surface area contributed by atoms with Crippen molar-refractivity contribution in [2.24, 2.45) is 28.8 Å². The molecule has 0 aromatic heterocycles. The molecule has 0 saturated carbocycles. The Labute approximate surface area is 163 Å². The fraction of sp³-hybridized carbons (Fsp3) is 0.458. The highest BCUT2D eigenvalue weighted by Crippen LogP contribution is 2.36. The van der Waals surface area contributed by atoms with Gasteiger partial charge in [0, 0.05) is 18.1 Å². The smallest absolute Gasteiger partial charge is 0.119 e. The predicted molar refractivity (Wildman–Crippen MR) is 113 cm³/mol. The average molecular weight is 363 g/mol. The maximum absolute atomic E-state index is 5.86. The van der Waals surface area contributed by atoms with E-state index in [1.54, 1.807) is 6.08 Å². The molecule has 0 fully saturated rings. The predicted octanol–water partition coefficient (Wildman–Crippen LogP) is 4.78. The van der Waals surface area contributed by atoms with E-state index in [9.17, 15) is 0 Å². The van der Waals surface area contributed by atoms with Crippen LogP contribution in [-0.2, 0) is 4.74 Å². The first-order valence-electron chi connectivity index (χ1n) is 9.88. The molecule has 1 heterocycles. The molecule has 3 heteroatoms. The number of allylic oxidation sites excluding steroid dienone is 8. The van der Waals surface area contributed by atoms with Crippen LogP contribution in [0.3, 0.4) is 0 Å². The van der Waals surface area contributed by atoms with Gasteiger partial charge in [0.2, 0.25) is 0 Å². The maximum atomic E-state index is 5.86. The molecule has 3 rings (SSSR count). The summed E-state index contributed by atoms with van der Waals surface area (Å²) in [5.74, 6) is 5.23. The lowest BCUT2D eigenvalue weighted by Crippen LogP contribution is -2.28. The second-order valence-corrected chi connectivity index (χ2v) is 7.68. The standard InChI is InChI=1S/C24H30N2O/c1-5-6-11-24-19(4)18(3)21(16-27-24)14-25-26-15-23-17(2)12-13-20-9-7-8-10-22(20)23/h1,6-7,9,11-14,18,20-22,26H,8,10,15-16H2,2-4H3/b11-6-,25-14+. The van der Waals surface area contributed by atoms with Crippen LogP contribution in [0.5, 0.6) is 0 Å². The molecule has 0 spiro atoms. The van der Waals surface area contributed by atoms with E-state index in [0.29, 0.717) is 24.4 Å². The van der Waals surface area contributed by atoms with Crippen molar-refractivity contribution in [1.82, 2.24) is 5.43 Å². The van der Waals surface area contributed by atoms with E-state index in [-0.39, 0.29) is 5.92 Å². The van der Waals surface area contributed by atoms with E-state index in [1.165, 1.54) is 29.6 Å². The van der Waals surface area contributed by atoms with Crippen molar-refractivity contribution < 1.29 is 4.74 Å². The van der Waals surface area contributed by atoms with Gasteiger partial charge in [-0.1, -0.05) is 42.7 Å². The van der Waals surface area contributed by atoms with Gasteiger partial charge in [0.25, 0.3) is 0 Å². The summed E-state index contributed by atoms with van der Waals surface area (Å²) in [6.07, 6.45) is 22.5. The Morgan fingerprint density at radius 3 is 3.04 bits per heavy atom. The van der Waals surface area contributed by atoms with E-state index >= 15 is 0 Å². The molecule has 0 amide bonds.